The van der Waals surface area contributed by atoms with Crippen LogP contribution in [0.4, 0.5) is 4.79 Å². The number of urea groups is 1. The van der Waals surface area contributed by atoms with Crippen molar-refractivity contribution < 1.29 is 9.53 Å². The lowest BCUT2D eigenvalue weighted by Gasteiger charge is -2.45. The summed E-state index contributed by atoms with van der Waals surface area (Å²) in [4.78, 5) is 12.3. The zero-order valence-electron chi connectivity index (χ0n) is 7.83. The van der Waals surface area contributed by atoms with E-state index in [1.807, 2.05) is 13.8 Å². The minimum Gasteiger partial charge on any atom is -0.378 e. The van der Waals surface area contributed by atoms with Crippen LogP contribution in [-0.4, -0.2) is 36.7 Å². The zero-order chi connectivity index (χ0) is 9.35. The third kappa shape index (κ3) is 1.53. The van der Waals surface area contributed by atoms with E-state index in [9.17, 15) is 4.79 Å². The number of hydrogen-bond donors (Lipinski definition) is 1. The van der Waals surface area contributed by atoms with Crippen molar-refractivity contribution in [3.8, 4) is 0 Å². The van der Waals surface area contributed by atoms with E-state index in [4.69, 9.17) is 10.5 Å². The molecule has 1 saturated heterocycles. The first-order valence-corrected chi connectivity index (χ1v) is 4.07. The summed E-state index contributed by atoms with van der Waals surface area (Å²) >= 11 is 0. The lowest BCUT2D eigenvalue weighted by Crippen LogP contribution is -2.59. The molecule has 12 heavy (non-hydrogen) atoms. The highest BCUT2D eigenvalue weighted by atomic mass is 16.5. The normalized spacial score (nSPS) is 19.1. The van der Waals surface area contributed by atoms with Crippen LogP contribution >= 0.6 is 0 Å². The highest BCUT2D eigenvalue weighted by Gasteiger charge is 2.40. The van der Waals surface area contributed by atoms with Crippen LogP contribution in [0, 0.1) is 5.92 Å². The van der Waals surface area contributed by atoms with Crippen LogP contribution in [0.3, 0.4) is 0 Å². The van der Waals surface area contributed by atoms with E-state index >= 15 is 0 Å². The fraction of sp³-hybridized carbons (Fsp3) is 0.875. The number of amides is 2. The van der Waals surface area contributed by atoms with E-state index in [1.54, 1.807) is 12.0 Å². The van der Waals surface area contributed by atoms with E-state index in [0.717, 1.165) is 13.1 Å². The molecule has 0 atom stereocenters. The Bertz CT molecular complexity index is 185. The fourth-order valence-electron chi connectivity index (χ4n) is 1.26. The Morgan fingerprint density at radius 3 is 2.42 bits per heavy atom. The lowest BCUT2D eigenvalue weighted by atomic mass is 9.84. The molecule has 1 aliphatic heterocycles. The number of methoxy groups -OCH3 is 1. The maximum Gasteiger partial charge on any atom is 0.314 e. The summed E-state index contributed by atoms with van der Waals surface area (Å²) in [7, 11) is 1.69. The van der Waals surface area contributed by atoms with Crippen LogP contribution in [0.25, 0.3) is 0 Å². The van der Waals surface area contributed by atoms with Gasteiger partial charge in [0.05, 0.1) is 5.60 Å². The molecule has 0 aromatic carbocycles. The van der Waals surface area contributed by atoms with Gasteiger partial charge in [-0.25, -0.2) is 4.79 Å². The van der Waals surface area contributed by atoms with Crippen molar-refractivity contribution in [2.24, 2.45) is 11.7 Å². The van der Waals surface area contributed by atoms with E-state index in [0.29, 0.717) is 5.92 Å². The van der Waals surface area contributed by atoms with Crippen molar-refractivity contribution in [3.05, 3.63) is 0 Å². The van der Waals surface area contributed by atoms with Gasteiger partial charge in [-0.1, -0.05) is 0 Å². The molecule has 0 aromatic rings. The third-order valence-electron chi connectivity index (χ3n) is 2.70. The minimum absolute atomic E-state index is 0.147. The zero-order valence-corrected chi connectivity index (χ0v) is 7.83. The molecule has 0 saturated carbocycles. The van der Waals surface area contributed by atoms with Gasteiger partial charge in [0.2, 0.25) is 0 Å². The number of ether oxygens (including phenoxy) is 1. The van der Waals surface area contributed by atoms with Gasteiger partial charge >= 0.3 is 6.03 Å². The van der Waals surface area contributed by atoms with Gasteiger partial charge in [-0.05, 0) is 13.8 Å². The SMILES string of the molecule is COC(C)(C)C1CN(C(N)=O)C1. The molecule has 70 valence electrons. The Kier molecular flexibility index (Phi) is 2.28. The topological polar surface area (TPSA) is 55.6 Å². The lowest BCUT2D eigenvalue weighted by molar-refractivity contribution is -0.0742. The van der Waals surface area contributed by atoms with Crippen molar-refractivity contribution >= 4 is 6.03 Å². The molecule has 1 rings (SSSR count). The monoisotopic (exact) mass is 172 g/mol. The Hall–Kier alpha value is -0.770. The van der Waals surface area contributed by atoms with Crippen molar-refractivity contribution in [2.75, 3.05) is 20.2 Å². The van der Waals surface area contributed by atoms with Crippen molar-refractivity contribution in [1.29, 1.82) is 0 Å². The van der Waals surface area contributed by atoms with Crippen molar-refractivity contribution in [3.63, 3.8) is 0 Å². The fourth-order valence-corrected chi connectivity index (χ4v) is 1.26. The molecule has 4 heteroatoms. The van der Waals surface area contributed by atoms with Crippen molar-refractivity contribution in [2.45, 2.75) is 19.4 Å². The molecule has 0 aromatic heterocycles. The van der Waals surface area contributed by atoms with Crippen LogP contribution in [0.2, 0.25) is 0 Å². The summed E-state index contributed by atoms with van der Waals surface area (Å²) in [5, 5.41) is 0. The van der Waals surface area contributed by atoms with Gasteiger partial charge < -0.3 is 15.4 Å². The summed E-state index contributed by atoms with van der Waals surface area (Å²) in [5.74, 6) is 0.412. The number of carbonyl (C=O) groups excluding carboxylic acids is 1. The quantitative estimate of drug-likeness (QED) is 0.656. The number of rotatable bonds is 2. The van der Waals surface area contributed by atoms with Gasteiger partial charge in [0.15, 0.2) is 0 Å². The van der Waals surface area contributed by atoms with Gasteiger partial charge in [0.25, 0.3) is 0 Å². The molecule has 0 aliphatic carbocycles. The third-order valence-corrected chi connectivity index (χ3v) is 2.70. The second-order valence-electron chi connectivity index (χ2n) is 3.75. The molecule has 0 spiro atoms. The maximum atomic E-state index is 10.6. The van der Waals surface area contributed by atoms with Crippen LogP contribution in [0.15, 0.2) is 0 Å². The average molecular weight is 172 g/mol. The molecule has 1 fully saturated rings. The number of nitrogens with zero attached hydrogens (tertiary/aromatic N) is 1. The summed E-state index contributed by atoms with van der Waals surface area (Å²) in [6.07, 6.45) is 0. The van der Waals surface area contributed by atoms with E-state index < -0.39 is 0 Å². The number of likely N-dealkylation sites (tertiary alicyclic amines) is 1. The standard InChI is InChI=1S/C8H16N2O2/c1-8(2,12-3)6-4-10(5-6)7(9)11/h6H,4-5H2,1-3H3,(H2,9,11). The van der Waals surface area contributed by atoms with Crippen LogP contribution < -0.4 is 5.73 Å². The molecule has 1 heterocycles. The molecule has 1 aliphatic rings. The van der Waals surface area contributed by atoms with Gasteiger partial charge in [0.1, 0.15) is 0 Å². The van der Waals surface area contributed by atoms with Crippen LogP contribution in [-0.2, 0) is 4.74 Å². The molecule has 4 nitrogen and oxygen atoms in total. The molecule has 0 unspecified atom stereocenters. The minimum atomic E-state index is -0.335. The average Bonchev–Trinajstić information content (AvgIpc) is 1.82. The first-order valence-electron chi connectivity index (χ1n) is 4.07. The predicted octanol–water partition coefficient (Wildman–Crippen LogP) is 0.422. The van der Waals surface area contributed by atoms with E-state index in [1.165, 1.54) is 0 Å². The van der Waals surface area contributed by atoms with Gasteiger partial charge in [-0.3, -0.25) is 0 Å². The molecular weight excluding hydrogens is 156 g/mol. The second-order valence-corrected chi connectivity index (χ2v) is 3.75. The Balaban J connectivity index is 2.39. The number of primary amides is 1. The number of nitrogens with two attached hydrogens (primary N) is 1. The summed E-state index contributed by atoms with van der Waals surface area (Å²) in [6, 6.07) is -0.335. The maximum absolute atomic E-state index is 10.6. The Labute approximate surface area is 72.7 Å². The van der Waals surface area contributed by atoms with E-state index in [2.05, 4.69) is 0 Å². The molecule has 0 bridgehead atoms. The first-order chi connectivity index (χ1) is 5.47. The number of carbonyl (C=O) groups is 1. The van der Waals surface area contributed by atoms with Gasteiger partial charge in [0, 0.05) is 26.1 Å². The van der Waals surface area contributed by atoms with E-state index in [-0.39, 0.29) is 11.6 Å². The van der Waals surface area contributed by atoms with Gasteiger partial charge in [-0.2, -0.15) is 0 Å². The largest absolute Gasteiger partial charge is 0.378 e. The second kappa shape index (κ2) is 2.94. The smallest absolute Gasteiger partial charge is 0.314 e. The van der Waals surface area contributed by atoms with Gasteiger partial charge in [-0.15, -0.1) is 0 Å². The first kappa shape index (κ1) is 9.32. The highest BCUT2D eigenvalue weighted by molar-refractivity contribution is 5.72. The summed E-state index contributed by atoms with van der Waals surface area (Å²) in [5.41, 5.74) is 4.94. The molecule has 2 N–H and O–H groups in total. The van der Waals surface area contributed by atoms with Crippen LogP contribution in [0.5, 0.6) is 0 Å². The Morgan fingerprint density at radius 2 is 2.08 bits per heavy atom. The highest BCUT2D eigenvalue weighted by Crippen LogP contribution is 2.28. The Morgan fingerprint density at radius 1 is 1.58 bits per heavy atom. The summed E-state index contributed by atoms with van der Waals surface area (Å²) < 4.78 is 5.29. The molecular formula is C8H16N2O2. The summed E-state index contributed by atoms with van der Waals surface area (Å²) in [6.45, 7) is 5.48. The van der Waals surface area contributed by atoms with Crippen molar-refractivity contribution in [1.82, 2.24) is 4.90 Å². The molecule has 0 radical (unpaired) electrons. The molecule has 2 amide bonds. The number of hydrogen-bond acceptors (Lipinski definition) is 2. The van der Waals surface area contributed by atoms with Crippen LogP contribution in [0.1, 0.15) is 13.8 Å². The predicted molar refractivity (Wildman–Crippen MR) is 45.7 cm³/mol.